The summed E-state index contributed by atoms with van der Waals surface area (Å²) in [6.07, 6.45) is 6.31. The standard InChI is InChI=1S/C11H21N3/c1-5-6-10(4)14-8-7-12-11(14)13-9(2)3/h7-10H,5-6H2,1-4H3,(H,12,13). The molecule has 14 heavy (non-hydrogen) atoms. The predicted octanol–water partition coefficient (Wildman–Crippen LogP) is 3.06. The summed E-state index contributed by atoms with van der Waals surface area (Å²) in [5.74, 6) is 0.987. The van der Waals surface area contributed by atoms with Crippen molar-refractivity contribution in [2.24, 2.45) is 0 Å². The third kappa shape index (κ3) is 2.76. The normalized spacial score (nSPS) is 13.2. The zero-order valence-corrected chi connectivity index (χ0v) is 9.62. The molecule has 3 heteroatoms. The van der Waals surface area contributed by atoms with Crippen molar-refractivity contribution in [2.45, 2.75) is 52.6 Å². The summed E-state index contributed by atoms with van der Waals surface area (Å²) in [7, 11) is 0. The minimum atomic E-state index is 0.435. The van der Waals surface area contributed by atoms with Gasteiger partial charge < -0.3 is 9.88 Å². The average Bonchev–Trinajstić information content (AvgIpc) is 2.51. The van der Waals surface area contributed by atoms with E-state index in [1.54, 1.807) is 0 Å². The smallest absolute Gasteiger partial charge is 0.203 e. The SMILES string of the molecule is CCCC(C)n1ccnc1NC(C)C. The molecule has 0 saturated heterocycles. The molecular formula is C11H21N3. The van der Waals surface area contributed by atoms with Gasteiger partial charge in [0, 0.05) is 24.5 Å². The number of nitrogens with one attached hydrogen (secondary N) is 1. The summed E-state index contributed by atoms with van der Waals surface area (Å²) < 4.78 is 2.21. The zero-order valence-electron chi connectivity index (χ0n) is 9.62. The molecule has 0 amide bonds. The first-order valence-corrected chi connectivity index (χ1v) is 5.44. The molecule has 1 heterocycles. The molecule has 1 unspecified atom stereocenters. The van der Waals surface area contributed by atoms with Crippen molar-refractivity contribution in [2.75, 3.05) is 5.32 Å². The van der Waals surface area contributed by atoms with Gasteiger partial charge in [0.2, 0.25) is 5.95 Å². The number of aromatic nitrogens is 2. The van der Waals surface area contributed by atoms with Gasteiger partial charge in [-0.15, -0.1) is 0 Å². The molecule has 1 atom stereocenters. The predicted molar refractivity (Wildman–Crippen MR) is 60.6 cm³/mol. The fourth-order valence-electron chi connectivity index (χ4n) is 1.60. The second-order valence-electron chi connectivity index (χ2n) is 4.09. The largest absolute Gasteiger partial charge is 0.353 e. The van der Waals surface area contributed by atoms with Gasteiger partial charge >= 0.3 is 0 Å². The molecule has 1 rings (SSSR count). The Morgan fingerprint density at radius 2 is 2.14 bits per heavy atom. The molecular weight excluding hydrogens is 174 g/mol. The molecule has 1 aromatic heterocycles. The van der Waals surface area contributed by atoms with Gasteiger partial charge in [-0.2, -0.15) is 0 Å². The summed E-state index contributed by atoms with van der Waals surface area (Å²) >= 11 is 0. The van der Waals surface area contributed by atoms with Gasteiger partial charge in [0.1, 0.15) is 0 Å². The molecule has 1 aromatic rings. The molecule has 1 N–H and O–H groups in total. The monoisotopic (exact) mass is 195 g/mol. The Balaban J connectivity index is 2.70. The van der Waals surface area contributed by atoms with Crippen LogP contribution in [0.2, 0.25) is 0 Å². The van der Waals surface area contributed by atoms with Crippen LogP contribution in [0.1, 0.15) is 46.6 Å². The number of hydrogen-bond donors (Lipinski definition) is 1. The van der Waals surface area contributed by atoms with Crippen LogP contribution in [0.5, 0.6) is 0 Å². The van der Waals surface area contributed by atoms with E-state index >= 15 is 0 Å². The van der Waals surface area contributed by atoms with Crippen molar-refractivity contribution in [3.05, 3.63) is 12.4 Å². The highest BCUT2D eigenvalue weighted by Gasteiger charge is 2.09. The van der Waals surface area contributed by atoms with Gasteiger partial charge in [-0.3, -0.25) is 0 Å². The van der Waals surface area contributed by atoms with Crippen molar-refractivity contribution in [1.29, 1.82) is 0 Å². The Bertz CT molecular complexity index is 265. The first-order chi connectivity index (χ1) is 6.65. The Hall–Kier alpha value is -0.990. The van der Waals surface area contributed by atoms with E-state index in [0.717, 1.165) is 5.95 Å². The minimum absolute atomic E-state index is 0.435. The lowest BCUT2D eigenvalue weighted by Crippen LogP contribution is -2.16. The molecule has 0 aliphatic carbocycles. The molecule has 0 aliphatic rings. The fourth-order valence-corrected chi connectivity index (χ4v) is 1.60. The van der Waals surface area contributed by atoms with E-state index < -0.39 is 0 Å². The highest BCUT2D eigenvalue weighted by molar-refractivity contribution is 5.27. The van der Waals surface area contributed by atoms with Crippen LogP contribution in [-0.2, 0) is 0 Å². The summed E-state index contributed by atoms with van der Waals surface area (Å²) in [6, 6.07) is 0.966. The summed E-state index contributed by atoms with van der Waals surface area (Å²) in [5.41, 5.74) is 0. The molecule has 0 bridgehead atoms. The molecule has 0 fully saturated rings. The van der Waals surface area contributed by atoms with Gasteiger partial charge in [0.25, 0.3) is 0 Å². The minimum Gasteiger partial charge on any atom is -0.353 e. The van der Waals surface area contributed by atoms with E-state index in [1.165, 1.54) is 12.8 Å². The van der Waals surface area contributed by atoms with Crippen molar-refractivity contribution in [3.8, 4) is 0 Å². The maximum atomic E-state index is 4.31. The van der Waals surface area contributed by atoms with Gasteiger partial charge in [0.15, 0.2) is 0 Å². The molecule has 0 aromatic carbocycles. The molecule has 0 aliphatic heterocycles. The third-order valence-corrected chi connectivity index (χ3v) is 2.27. The quantitative estimate of drug-likeness (QED) is 0.782. The van der Waals surface area contributed by atoms with E-state index in [0.29, 0.717) is 12.1 Å². The molecule has 3 nitrogen and oxygen atoms in total. The Labute approximate surface area is 86.5 Å². The van der Waals surface area contributed by atoms with E-state index in [2.05, 4.69) is 42.6 Å². The Morgan fingerprint density at radius 3 is 2.71 bits per heavy atom. The second-order valence-corrected chi connectivity index (χ2v) is 4.09. The molecule has 80 valence electrons. The van der Waals surface area contributed by atoms with Crippen molar-refractivity contribution in [1.82, 2.24) is 9.55 Å². The van der Waals surface area contributed by atoms with Crippen LogP contribution in [-0.4, -0.2) is 15.6 Å². The molecule has 0 saturated carbocycles. The van der Waals surface area contributed by atoms with Gasteiger partial charge in [-0.1, -0.05) is 13.3 Å². The van der Waals surface area contributed by atoms with E-state index in [9.17, 15) is 0 Å². The summed E-state index contributed by atoms with van der Waals surface area (Å²) in [6.45, 7) is 8.70. The van der Waals surface area contributed by atoms with E-state index in [1.807, 2.05) is 12.4 Å². The average molecular weight is 195 g/mol. The summed E-state index contributed by atoms with van der Waals surface area (Å²) in [4.78, 5) is 4.31. The van der Waals surface area contributed by atoms with Crippen LogP contribution >= 0.6 is 0 Å². The number of imidazole rings is 1. The number of nitrogens with zero attached hydrogens (tertiary/aromatic N) is 2. The van der Waals surface area contributed by atoms with E-state index in [4.69, 9.17) is 0 Å². The highest BCUT2D eigenvalue weighted by atomic mass is 15.2. The topological polar surface area (TPSA) is 29.9 Å². The van der Waals surface area contributed by atoms with E-state index in [-0.39, 0.29) is 0 Å². The Kier molecular flexibility index (Phi) is 3.98. The van der Waals surface area contributed by atoms with Crippen LogP contribution in [0.3, 0.4) is 0 Å². The number of rotatable bonds is 5. The maximum Gasteiger partial charge on any atom is 0.203 e. The molecule has 0 radical (unpaired) electrons. The fraction of sp³-hybridized carbons (Fsp3) is 0.727. The van der Waals surface area contributed by atoms with Crippen molar-refractivity contribution >= 4 is 5.95 Å². The maximum absolute atomic E-state index is 4.31. The third-order valence-electron chi connectivity index (χ3n) is 2.27. The number of hydrogen-bond acceptors (Lipinski definition) is 2. The lowest BCUT2D eigenvalue weighted by molar-refractivity contribution is 0.503. The van der Waals surface area contributed by atoms with Gasteiger partial charge in [-0.05, 0) is 27.2 Å². The zero-order chi connectivity index (χ0) is 10.6. The van der Waals surface area contributed by atoms with Crippen LogP contribution in [0, 0.1) is 0 Å². The van der Waals surface area contributed by atoms with Gasteiger partial charge in [0.05, 0.1) is 0 Å². The number of anilines is 1. The van der Waals surface area contributed by atoms with Gasteiger partial charge in [-0.25, -0.2) is 4.98 Å². The first kappa shape index (κ1) is 11.1. The van der Waals surface area contributed by atoms with Crippen LogP contribution in [0.4, 0.5) is 5.95 Å². The van der Waals surface area contributed by atoms with Crippen molar-refractivity contribution < 1.29 is 0 Å². The first-order valence-electron chi connectivity index (χ1n) is 5.44. The van der Waals surface area contributed by atoms with Crippen molar-refractivity contribution in [3.63, 3.8) is 0 Å². The lowest BCUT2D eigenvalue weighted by Gasteiger charge is -2.17. The Morgan fingerprint density at radius 1 is 1.43 bits per heavy atom. The second kappa shape index (κ2) is 5.03. The summed E-state index contributed by atoms with van der Waals surface area (Å²) in [5, 5.41) is 3.34. The molecule has 0 spiro atoms. The van der Waals surface area contributed by atoms with Crippen LogP contribution in [0.15, 0.2) is 12.4 Å². The highest BCUT2D eigenvalue weighted by Crippen LogP contribution is 2.18. The van der Waals surface area contributed by atoms with Crippen LogP contribution < -0.4 is 5.32 Å². The van der Waals surface area contributed by atoms with Crippen LogP contribution in [0.25, 0.3) is 0 Å². The lowest BCUT2D eigenvalue weighted by atomic mass is 10.2.